The van der Waals surface area contributed by atoms with Gasteiger partial charge in [-0.05, 0) is 30.5 Å². The van der Waals surface area contributed by atoms with Crippen LogP contribution in [0.3, 0.4) is 0 Å². The SMILES string of the molecule is N/C(=N/O)c1ccc(OCCC2CC2)c(C(F)(F)F)c1. The summed E-state index contributed by atoms with van der Waals surface area (Å²) in [6, 6.07) is 3.35. The van der Waals surface area contributed by atoms with Gasteiger partial charge >= 0.3 is 6.18 Å². The highest BCUT2D eigenvalue weighted by Gasteiger charge is 2.35. The number of alkyl halides is 3. The molecule has 0 spiro atoms. The number of amidine groups is 1. The summed E-state index contributed by atoms with van der Waals surface area (Å²) in [5.41, 5.74) is 4.37. The van der Waals surface area contributed by atoms with E-state index in [4.69, 9.17) is 15.7 Å². The number of ether oxygens (including phenoxy) is 1. The number of nitrogens with two attached hydrogens (primary N) is 1. The summed E-state index contributed by atoms with van der Waals surface area (Å²) >= 11 is 0. The first-order chi connectivity index (χ1) is 9.41. The van der Waals surface area contributed by atoms with Crippen LogP contribution in [0.1, 0.15) is 30.4 Å². The van der Waals surface area contributed by atoms with Crippen molar-refractivity contribution in [1.82, 2.24) is 0 Å². The second-order valence-corrected chi connectivity index (χ2v) is 4.77. The average molecular weight is 288 g/mol. The summed E-state index contributed by atoms with van der Waals surface area (Å²) in [4.78, 5) is 0. The zero-order valence-corrected chi connectivity index (χ0v) is 10.7. The highest BCUT2D eigenvalue weighted by Crippen LogP contribution is 2.38. The van der Waals surface area contributed by atoms with E-state index in [0.29, 0.717) is 5.92 Å². The zero-order chi connectivity index (χ0) is 14.8. The molecule has 1 fully saturated rings. The van der Waals surface area contributed by atoms with E-state index in [-0.39, 0.29) is 23.8 Å². The summed E-state index contributed by atoms with van der Waals surface area (Å²) in [6.07, 6.45) is -1.55. The lowest BCUT2D eigenvalue weighted by Gasteiger charge is -2.15. The highest BCUT2D eigenvalue weighted by atomic mass is 19.4. The Bertz CT molecular complexity index is 511. The summed E-state index contributed by atoms with van der Waals surface area (Å²) in [5.74, 6) is -0.0200. The molecule has 1 aromatic carbocycles. The zero-order valence-electron chi connectivity index (χ0n) is 10.7. The van der Waals surface area contributed by atoms with E-state index in [0.717, 1.165) is 25.3 Å². The maximum absolute atomic E-state index is 13.0. The molecule has 0 unspecified atom stereocenters. The molecular formula is C13H15F3N2O2. The fourth-order valence-electron chi connectivity index (χ4n) is 1.84. The van der Waals surface area contributed by atoms with E-state index < -0.39 is 11.7 Å². The van der Waals surface area contributed by atoms with E-state index >= 15 is 0 Å². The molecule has 1 aliphatic rings. The molecule has 3 N–H and O–H groups in total. The lowest BCUT2D eigenvalue weighted by atomic mass is 10.1. The van der Waals surface area contributed by atoms with Gasteiger partial charge in [0.05, 0.1) is 12.2 Å². The summed E-state index contributed by atoms with van der Waals surface area (Å²) in [7, 11) is 0. The van der Waals surface area contributed by atoms with Gasteiger partial charge < -0.3 is 15.7 Å². The Labute approximate surface area is 114 Å². The molecule has 4 nitrogen and oxygen atoms in total. The van der Waals surface area contributed by atoms with Crippen molar-refractivity contribution in [1.29, 1.82) is 0 Å². The summed E-state index contributed by atoms with van der Waals surface area (Å²) in [5, 5.41) is 11.2. The van der Waals surface area contributed by atoms with E-state index in [1.807, 2.05) is 0 Å². The lowest BCUT2D eigenvalue weighted by molar-refractivity contribution is -0.139. The van der Waals surface area contributed by atoms with Crippen molar-refractivity contribution in [2.45, 2.75) is 25.4 Å². The van der Waals surface area contributed by atoms with Crippen LogP contribution < -0.4 is 10.5 Å². The number of hydrogen-bond donors (Lipinski definition) is 2. The molecule has 2 rings (SSSR count). The Morgan fingerprint density at radius 2 is 2.10 bits per heavy atom. The molecule has 1 aromatic rings. The van der Waals surface area contributed by atoms with Crippen molar-refractivity contribution in [3.05, 3.63) is 29.3 Å². The van der Waals surface area contributed by atoms with Gasteiger partial charge in [0.25, 0.3) is 0 Å². The Hall–Kier alpha value is -1.92. The van der Waals surface area contributed by atoms with Crippen LogP contribution in [0, 0.1) is 5.92 Å². The second kappa shape index (κ2) is 5.60. The predicted molar refractivity (Wildman–Crippen MR) is 66.8 cm³/mol. The molecular weight excluding hydrogens is 273 g/mol. The minimum absolute atomic E-state index is 0.00521. The number of halogens is 3. The van der Waals surface area contributed by atoms with Crippen LogP contribution in [0.15, 0.2) is 23.4 Å². The fraction of sp³-hybridized carbons (Fsp3) is 0.462. The van der Waals surface area contributed by atoms with Crippen LogP contribution >= 0.6 is 0 Å². The van der Waals surface area contributed by atoms with Gasteiger partial charge in [-0.2, -0.15) is 13.2 Å². The van der Waals surface area contributed by atoms with Crippen molar-refractivity contribution in [2.75, 3.05) is 6.61 Å². The number of oxime groups is 1. The third-order valence-corrected chi connectivity index (χ3v) is 3.17. The van der Waals surface area contributed by atoms with Gasteiger partial charge in [-0.1, -0.05) is 18.0 Å². The van der Waals surface area contributed by atoms with Crippen molar-refractivity contribution in [3.8, 4) is 5.75 Å². The van der Waals surface area contributed by atoms with Crippen molar-refractivity contribution >= 4 is 5.84 Å². The van der Waals surface area contributed by atoms with Gasteiger partial charge in [-0.3, -0.25) is 0 Å². The lowest BCUT2D eigenvalue weighted by Crippen LogP contribution is -2.16. The van der Waals surface area contributed by atoms with Gasteiger partial charge in [-0.15, -0.1) is 0 Å². The molecule has 20 heavy (non-hydrogen) atoms. The van der Waals surface area contributed by atoms with Crippen LogP contribution in [0.4, 0.5) is 13.2 Å². The van der Waals surface area contributed by atoms with Gasteiger partial charge in [0.2, 0.25) is 0 Å². The van der Waals surface area contributed by atoms with Crippen molar-refractivity contribution in [3.63, 3.8) is 0 Å². The van der Waals surface area contributed by atoms with Gasteiger partial charge in [-0.25, -0.2) is 0 Å². The molecule has 0 radical (unpaired) electrons. The quantitative estimate of drug-likeness (QED) is 0.379. The number of benzene rings is 1. The Morgan fingerprint density at radius 1 is 1.40 bits per heavy atom. The molecule has 110 valence electrons. The first kappa shape index (κ1) is 14.5. The van der Waals surface area contributed by atoms with Gasteiger partial charge in [0.1, 0.15) is 5.75 Å². The van der Waals surface area contributed by atoms with Crippen LogP contribution in [-0.4, -0.2) is 17.6 Å². The topological polar surface area (TPSA) is 67.8 Å². The fourth-order valence-corrected chi connectivity index (χ4v) is 1.84. The molecule has 0 amide bonds. The van der Waals surface area contributed by atoms with Gasteiger partial charge in [0, 0.05) is 5.56 Å². The van der Waals surface area contributed by atoms with E-state index in [1.54, 1.807) is 0 Å². The standard InChI is InChI=1S/C13H15F3N2O2/c14-13(15,16)10-7-9(12(17)18-19)3-4-11(10)20-6-5-8-1-2-8/h3-4,7-8,19H,1-2,5-6H2,(H2,17,18). The first-order valence-corrected chi connectivity index (χ1v) is 6.23. The third-order valence-electron chi connectivity index (χ3n) is 3.17. The minimum Gasteiger partial charge on any atom is -0.493 e. The molecule has 0 bridgehead atoms. The van der Waals surface area contributed by atoms with E-state index in [1.165, 1.54) is 12.1 Å². The Morgan fingerprint density at radius 3 is 2.65 bits per heavy atom. The van der Waals surface area contributed by atoms with Crippen LogP contribution in [0.2, 0.25) is 0 Å². The molecule has 7 heteroatoms. The number of rotatable bonds is 5. The number of nitrogens with zero attached hydrogens (tertiary/aromatic N) is 1. The van der Waals surface area contributed by atoms with Crippen molar-refractivity contribution in [2.24, 2.45) is 16.8 Å². The highest BCUT2D eigenvalue weighted by molar-refractivity contribution is 5.97. The normalized spacial score (nSPS) is 16.2. The molecule has 0 aromatic heterocycles. The van der Waals surface area contributed by atoms with Crippen LogP contribution in [0.5, 0.6) is 5.75 Å². The molecule has 1 aliphatic carbocycles. The van der Waals surface area contributed by atoms with Gasteiger partial charge in [0.15, 0.2) is 5.84 Å². The average Bonchev–Trinajstić information content (AvgIpc) is 3.21. The molecule has 0 heterocycles. The largest absolute Gasteiger partial charge is 0.493 e. The molecule has 0 saturated heterocycles. The third kappa shape index (κ3) is 3.55. The van der Waals surface area contributed by atoms with Crippen LogP contribution in [-0.2, 0) is 6.18 Å². The minimum atomic E-state index is -4.55. The summed E-state index contributed by atoms with van der Waals surface area (Å²) < 4.78 is 44.1. The smallest absolute Gasteiger partial charge is 0.419 e. The number of hydrogen-bond acceptors (Lipinski definition) is 3. The maximum Gasteiger partial charge on any atom is 0.419 e. The second-order valence-electron chi connectivity index (χ2n) is 4.77. The molecule has 0 atom stereocenters. The first-order valence-electron chi connectivity index (χ1n) is 6.23. The maximum atomic E-state index is 13.0. The van der Waals surface area contributed by atoms with Crippen molar-refractivity contribution < 1.29 is 23.1 Å². The molecule has 0 aliphatic heterocycles. The predicted octanol–water partition coefficient (Wildman–Crippen LogP) is 2.98. The molecule has 1 saturated carbocycles. The van der Waals surface area contributed by atoms with E-state index in [2.05, 4.69) is 5.16 Å². The Kier molecular flexibility index (Phi) is 4.06. The van der Waals surface area contributed by atoms with E-state index in [9.17, 15) is 13.2 Å². The monoisotopic (exact) mass is 288 g/mol. The summed E-state index contributed by atoms with van der Waals surface area (Å²) in [6.45, 7) is 0.261. The van der Waals surface area contributed by atoms with Crippen LogP contribution in [0.25, 0.3) is 0 Å². The Balaban J connectivity index is 2.20.